The van der Waals surface area contributed by atoms with Crippen LogP contribution in [0.4, 0.5) is 0 Å². The third kappa shape index (κ3) is 4.32. The molecule has 2 aliphatic rings. The van der Waals surface area contributed by atoms with Crippen LogP contribution in [-0.2, 0) is 17.9 Å². The highest BCUT2D eigenvalue weighted by Gasteiger charge is 2.46. The van der Waals surface area contributed by atoms with Crippen molar-refractivity contribution in [3.63, 3.8) is 0 Å². The predicted octanol–water partition coefficient (Wildman–Crippen LogP) is 1.73. The molecule has 0 saturated heterocycles. The number of ether oxygens (including phenoxy) is 2. The summed E-state index contributed by atoms with van der Waals surface area (Å²) in [7, 11) is 4.72. The SMILES string of the molecule is COc1ccc(CNC(=O)c2cc3n(n2)CC(C)(C(=O)NC2CCCC2)N(C)C3=O)cc1OC. The van der Waals surface area contributed by atoms with E-state index < -0.39 is 11.4 Å². The van der Waals surface area contributed by atoms with Crippen molar-refractivity contribution < 1.29 is 23.9 Å². The monoisotopic (exact) mass is 469 g/mol. The summed E-state index contributed by atoms with van der Waals surface area (Å²) in [5.74, 6) is 0.208. The summed E-state index contributed by atoms with van der Waals surface area (Å²) >= 11 is 0. The van der Waals surface area contributed by atoms with Crippen molar-refractivity contribution in [3.05, 3.63) is 41.2 Å². The summed E-state index contributed by atoms with van der Waals surface area (Å²) in [6.45, 7) is 2.15. The zero-order chi connectivity index (χ0) is 24.5. The van der Waals surface area contributed by atoms with Gasteiger partial charge in [-0.05, 0) is 37.5 Å². The average molecular weight is 470 g/mol. The largest absolute Gasteiger partial charge is 0.493 e. The number of nitrogens with zero attached hydrogens (tertiary/aromatic N) is 3. The number of aromatic nitrogens is 2. The Labute approximate surface area is 198 Å². The molecule has 0 spiro atoms. The Morgan fingerprint density at radius 3 is 2.53 bits per heavy atom. The maximum absolute atomic E-state index is 13.1. The third-order valence-electron chi connectivity index (χ3n) is 6.81. The smallest absolute Gasteiger partial charge is 0.272 e. The first-order valence-corrected chi connectivity index (χ1v) is 11.4. The fourth-order valence-electron chi connectivity index (χ4n) is 4.51. The van der Waals surface area contributed by atoms with Gasteiger partial charge in [0.15, 0.2) is 17.2 Å². The van der Waals surface area contributed by atoms with E-state index in [9.17, 15) is 14.4 Å². The van der Waals surface area contributed by atoms with Gasteiger partial charge >= 0.3 is 0 Å². The molecule has 1 aromatic carbocycles. The third-order valence-corrected chi connectivity index (χ3v) is 6.81. The van der Waals surface area contributed by atoms with E-state index in [1.54, 1.807) is 40.3 Å². The normalized spacial score (nSPS) is 20.1. The van der Waals surface area contributed by atoms with Gasteiger partial charge in [0.2, 0.25) is 5.91 Å². The minimum Gasteiger partial charge on any atom is -0.493 e. The summed E-state index contributed by atoms with van der Waals surface area (Å²) in [5.41, 5.74) is 0.135. The van der Waals surface area contributed by atoms with E-state index in [1.807, 2.05) is 6.07 Å². The Hall–Kier alpha value is -3.56. The lowest BCUT2D eigenvalue weighted by molar-refractivity contribution is -0.133. The van der Waals surface area contributed by atoms with Gasteiger partial charge in [-0.15, -0.1) is 0 Å². The van der Waals surface area contributed by atoms with E-state index in [4.69, 9.17) is 9.47 Å². The predicted molar refractivity (Wildman–Crippen MR) is 124 cm³/mol. The number of nitrogens with one attached hydrogen (secondary N) is 2. The summed E-state index contributed by atoms with van der Waals surface area (Å²) in [5, 5.41) is 10.3. The Morgan fingerprint density at radius 1 is 1.15 bits per heavy atom. The molecule has 10 nitrogen and oxygen atoms in total. The van der Waals surface area contributed by atoms with Crippen molar-refractivity contribution >= 4 is 17.7 Å². The maximum Gasteiger partial charge on any atom is 0.272 e. The zero-order valence-electron chi connectivity index (χ0n) is 20.0. The van der Waals surface area contributed by atoms with Gasteiger partial charge in [0, 0.05) is 25.7 Å². The lowest BCUT2D eigenvalue weighted by Crippen LogP contribution is -2.63. The molecule has 1 atom stereocenters. The average Bonchev–Trinajstić information content (AvgIpc) is 3.50. The van der Waals surface area contributed by atoms with E-state index >= 15 is 0 Å². The van der Waals surface area contributed by atoms with Gasteiger partial charge in [-0.3, -0.25) is 19.1 Å². The number of carbonyl (C=O) groups is 3. The number of carbonyl (C=O) groups excluding carboxylic acids is 3. The molecule has 0 radical (unpaired) electrons. The van der Waals surface area contributed by atoms with Crippen LogP contribution in [0.5, 0.6) is 11.5 Å². The Morgan fingerprint density at radius 2 is 1.85 bits per heavy atom. The second-order valence-corrected chi connectivity index (χ2v) is 9.04. The van der Waals surface area contributed by atoms with Crippen LogP contribution in [0, 0.1) is 0 Å². The molecule has 1 aromatic heterocycles. The van der Waals surface area contributed by atoms with E-state index in [1.165, 1.54) is 15.6 Å². The Bertz CT molecular complexity index is 1110. The molecular weight excluding hydrogens is 438 g/mol. The number of rotatable bonds is 7. The van der Waals surface area contributed by atoms with E-state index in [0.29, 0.717) is 11.5 Å². The quantitative estimate of drug-likeness (QED) is 0.638. The fraction of sp³-hybridized carbons (Fsp3) is 0.500. The van der Waals surface area contributed by atoms with Crippen LogP contribution in [0.15, 0.2) is 24.3 Å². The second kappa shape index (κ2) is 9.36. The number of methoxy groups -OCH3 is 2. The molecule has 1 saturated carbocycles. The van der Waals surface area contributed by atoms with Crippen molar-refractivity contribution in [2.75, 3.05) is 21.3 Å². The van der Waals surface area contributed by atoms with Crippen LogP contribution in [-0.4, -0.2) is 65.2 Å². The number of benzene rings is 1. The highest BCUT2D eigenvalue weighted by Crippen LogP contribution is 2.29. The van der Waals surface area contributed by atoms with E-state index in [2.05, 4.69) is 15.7 Å². The lowest BCUT2D eigenvalue weighted by Gasteiger charge is -2.41. The summed E-state index contributed by atoms with van der Waals surface area (Å²) in [6.07, 6.45) is 4.11. The minimum absolute atomic E-state index is 0.123. The molecule has 10 heteroatoms. The summed E-state index contributed by atoms with van der Waals surface area (Å²) in [4.78, 5) is 40.4. The molecule has 1 aliphatic carbocycles. The van der Waals surface area contributed by atoms with E-state index in [-0.39, 0.29) is 42.3 Å². The minimum atomic E-state index is -1.09. The van der Waals surface area contributed by atoms with Crippen LogP contribution in [0.1, 0.15) is 59.1 Å². The molecule has 3 amide bonds. The van der Waals surface area contributed by atoms with Crippen LogP contribution >= 0.6 is 0 Å². The van der Waals surface area contributed by atoms with Crippen LogP contribution in [0.25, 0.3) is 0 Å². The number of hydrogen-bond donors (Lipinski definition) is 2. The van der Waals surface area contributed by atoms with Crippen molar-refractivity contribution in [2.45, 2.75) is 57.3 Å². The summed E-state index contributed by atoms with van der Waals surface area (Å²) in [6, 6.07) is 6.99. The van der Waals surface area contributed by atoms with Crippen molar-refractivity contribution in [1.82, 2.24) is 25.3 Å². The number of likely N-dealkylation sites (N-methyl/N-ethyl adjacent to an activating group) is 1. The molecule has 0 bridgehead atoms. The molecule has 2 heterocycles. The van der Waals surface area contributed by atoms with Gasteiger partial charge < -0.3 is 25.0 Å². The highest BCUT2D eigenvalue weighted by atomic mass is 16.5. The fourth-order valence-corrected chi connectivity index (χ4v) is 4.51. The van der Waals surface area contributed by atoms with Crippen molar-refractivity contribution in [1.29, 1.82) is 0 Å². The molecule has 182 valence electrons. The number of amides is 3. The van der Waals surface area contributed by atoms with Crippen molar-refractivity contribution in [3.8, 4) is 11.5 Å². The molecule has 1 fully saturated rings. The maximum atomic E-state index is 13.1. The first kappa shape index (κ1) is 23.6. The topological polar surface area (TPSA) is 115 Å². The highest BCUT2D eigenvalue weighted by molar-refractivity contribution is 6.01. The first-order chi connectivity index (χ1) is 16.3. The van der Waals surface area contributed by atoms with E-state index in [0.717, 1.165) is 31.2 Å². The van der Waals surface area contributed by atoms with Crippen LogP contribution in [0.2, 0.25) is 0 Å². The summed E-state index contributed by atoms with van der Waals surface area (Å²) < 4.78 is 12.0. The molecule has 34 heavy (non-hydrogen) atoms. The van der Waals surface area contributed by atoms with Gasteiger partial charge in [0.25, 0.3) is 11.8 Å². The van der Waals surface area contributed by atoms with Crippen LogP contribution < -0.4 is 20.1 Å². The van der Waals surface area contributed by atoms with Crippen molar-refractivity contribution in [2.24, 2.45) is 0 Å². The molecular formula is C24H31N5O5. The van der Waals surface area contributed by atoms with Gasteiger partial charge in [-0.1, -0.05) is 18.9 Å². The standard InChI is InChI=1S/C24H31N5O5/c1-24(23(32)26-16-7-5-6-8-16)14-29-18(22(31)28(24)2)12-17(27-29)21(30)25-13-15-9-10-19(33-3)20(11-15)34-4/h9-12,16H,5-8,13-14H2,1-4H3,(H,25,30)(H,26,32). The molecule has 1 aliphatic heterocycles. The molecule has 2 aromatic rings. The first-order valence-electron chi connectivity index (χ1n) is 11.4. The van der Waals surface area contributed by atoms with Gasteiger partial charge in [0.05, 0.1) is 20.8 Å². The number of hydrogen-bond acceptors (Lipinski definition) is 6. The van der Waals surface area contributed by atoms with Gasteiger partial charge in [-0.25, -0.2) is 0 Å². The molecule has 4 rings (SSSR count). The lowest BCUT2D eigenvalue weighted by atomic mass is 9.95. The second-order valence-electron chi connectivity index (χ2n) is 9.04. The van der Waals surface area contributed by atoms with Gasteiger partial charge in [-0.2, -0.15) is 5.10 Å². The number of fused-ring (bicyclic) bond motifs is 1. The zero-order valence-corrected chi connectivity index (χ0v) is 20.0. The molecule has 1 unspecified atom stereocenters. The Kier molecular flexibility index (Phi) is 6.49. The molecule has 2 N–H and O–H groups in total. The van der Waals surface area contributed by atoms with Crippen LogP contribution in [0.3, 0.4) is 0 Å². The van der Waals surface area contributed by atoms with Gasteiger partial charge in [0.1, 0.15) is 11.2 Å². The Balaban J connectivity index is 1.47.